The summed E-state index contributed by atoms with van der Waals surface area (Å²) in [7, 11) is -0.738. The maximum absolute atomic E-state index is 11.1. The Morgan fingerprint density at radius 3 is 3.00 bits per heavy atom. The largest absolute Gasteiger partial charge is 0.259 e. The highest BCUT2D eigenvalue weighted by atomic mass is 79.9. The molecule has 11 heavy (non-hydrogen) atoms. The number of thiazole rings is 1. The Balaban J connectivity index is 2.57. The Morgan fingerprint density at radius 1 is 1.82 bits per heavy atom. The van der Waals surface area contributed by atoms with Crippen LogP contribution in [0.4, 0.5) is 0 Å². The van der Waals surface area contributed by atoms with Crippen LogP contribution in [0.5, 0.6) is 0 Å². The van der Waals surface area contributed by atoms with Gasteiger partial charge in [0, 0.05) is 16.6 Å². The molecule has 0 spiro atoms. The maximum Gasteiger partial charge on any atom is 0.106 e. The van der Waals surface area contributed by atoms with Crippen LogP contribution in [-0.2, 0) is 16.6 Å². The summed E-state index contributed by atoms with van der Waals surface area (Å²) in [5.41, 5.74) is 0. The first-order valence-corrected chi connectivity index (χ1v) is 6.27. The normalized spacial score (nSPS) is 13.3. The molecule has 1 aromatic rings. The number of halogens is 1. The Labute approximate surface area is 80.6 Å². The quantitative estimate of drug-likeness (QED) is 0.827. The van der Waals surface area contributed by atoms with Gasteiger partial charge in [0.2, 0.25) is 0 Å². The summed E-state index contributed by atoms with van der Waals surface area (Å²) < 4.78 is 12.1. The zero-order valence-corrected chi connectivity index (χ0v) is 9.26. The summed E-state index contributed by atoms with van der Waals surface area (Å²) in [6, 6.07) is 0. The van der Waals surface area contributed by atoms with Gasteiger partial charge in [-0.25, -0.2) is 4.98 Å². The highest BCUT2D eigenvalue weighted by Crippen LogP contribution is 2.19. The molecule has 1 heterocycles. The van der Waals surface area contributed by atoms with E-state index in [0.29, 0.717) is 11.5 Å². The van der Waals surface area contributed by atoms with Crippen molar-refractivity contribution in [1.29, 1.82) is 0 Å². The lowest BCUT2D eigenvalue weighted by atomic mass is 10.8. The Bertz CT molecular complexity index is 261. The fourth-order valence-electron chi connectivity index (χ4n) is 0.595. The highest BCUT2D eigenvalue weighted by molar-refractivity contribution is 9.11. The van der Waals surface area contributed by atoms with Gasteiger partial charge in [-0.15, -0.1) is 11.3 Å². The van der Waals surface area contributed by atoms with Crippen molar-refractivity contribution in [3.63, 3.8) is 0 Å². The zero-order valence-electron chi connectivity index (χ0n) is 6.04. The monoisotopic (exact) mass is 253 g/mol. The van der Waals surface area contributed by atoms with E-state index in [1.807, 2.05) is 6.92 Å². The van der Waals surface area contributed by atoms with Crippen LogP contribution < -0.4 is 0 Å². The molecule has 0 saturated heterocycles. The third kappa shape index (κ3) is 3.01. The van der Waals surface area contributed by atoms with Crippen LogP contribution in [0, 0.1) is 0 Å². The molecule has 0 fully saturated rings. The molecule has 0 aliphatic rings. The SMILES string of the molecule is CCS(=O)Cc1ncc(Br)s1. The van der Waals surface area contributed by atoms with E-state index >= 15 is 0 Å². The molecule has 5 heteroatoms. The summed E-state index contributed by atoms with van der Waals surface area (Å²) in [4.78, 5) is 4.08. The van der Waals surface area contributed by atoms with Gasteiger partial charge in [0.15, 0.2) is 0 Å². The van der Waals surface area contributed by atoms with Gasteiger partial charge in [0.25, 0.3) is 0 Å². The Kier molecular flexibility index (Phi) is 3.68. The van der Waals surface area contributed by atoms with Crippen molar-refractivity contribution < 1.29 is 4.21 Å². The zero-order chi connectivity index (χ0) is 8.27. The van der Waals surface area contributed by atoms with Crippen LogP contribution in [0.25, 0.3) is 0 Å². The van der Waals surface area contributed by atoms with E-state index in [9.17, 15) is 4.21 Å². The molecule has 0 amide bonds. The van der Waals surface area contributed by atoms with E-state index in [2.05, 4.69) is 20.9 Å². The van der Waals surface area contributed by atoms with E-state index in [1.165, 1.54) is 0 Å². The molecule has 62 valence electrons. The maximum atomic E-state index is 11.1. The molecule has 1 atom stereocenters. The number of rotatable bonds is 3. The highest BCUT2D eigenvalue weighted by Gasteiger charge is 2.02. The second-order valence-electron chi connectivity index (χ2n) is 1.93. The van der Waals surface area contributed by atoms with Crippen LogP contribution in [0.1, 0.15) is 11.9 Å². The first-order chi connectivity index (χ1) is 5.22. The lowest BCUT2D eigenvalue weighted by Gasteiger charge is -1.91. The van der Waals surface area contributed by atoms with E-state index < -0.39 is 10.8 Å². The van der Waals surface area contributed by atoms with Gasteiger partial charge in [-0.1, -0.05) is 6.92 Å². The average Bonchev–Trinajstić information content (AvgIpc) is 2.35. The Morgan fingerprint density at radius 2 is 2.55 bits per heavy atom. The van der Waals surface area contributed by atoms with Crippen LogP contribution >= 0.6 is 27.3 Å². The first-order valence-electron chi connectivity index (χ1n) is 3.17. The third-order valence-electron chi connectivity index (χ3n) is 1.13. The van der Waals surface area contributed by atoms with E-state index in [1.54, 1.807) is 17.5 Å². The molecule has 2 nitrogen and oxygen atoms in total. The van der Waals surface area contributed by atoms with Crippen molar-refractivity contribution in [3.05, 3.63) is 15.0 Å². The van der Waals surface area contributed by atoms with Crippen LogP contribution in [0.2, 0.25) is 0 Å². The predicted octanol–water partition coefficient (Wildman–Crippen LogP) is 2.17. The van der Waals surface area contributed by atoms with Gasteiger partial charge < -0.3 is 0 Å². The molecule has 0 aliphatic heterocycles. The van der Waals surface area contributed by atoms with Crippen molar-refractivity contribution in [2.45, 2.75) is 12.7 Å². The number of aromatic nitrogens is 1. The number of hydrogen-bond acceptors (Lipinski definition) is 3. The van der Waals surface area contributed by atoms with Gasteiger partial charge >= 0.3 is 0 Å². The molecule has 0 bridgehead atoms. The van der Waals surface area contributed by atoms with Crippen LogP contribution in [0.3, 0.4) is 0 Å². The number of nitrogens with zero attached hydrogens (tertiary/aromatic N) is 1. The van der Waals surface area contributed by atoms with Crippen LogP contribution in [-0.4, -0.2) is 14.9 Å². The van der Waals surface area contributed by atoms with Crippen molar-refractivity contribution >= 4 is 38.1 Å². The van der Waals surface area contributed by atoms with Crippen LogP contribution in [0.15, 0.2) is 9.98 Å². The molecule has 0 radical (unpaired) electrons. The summed E-state index contributed by atoms with van der Waals surface area (Å²) in [6.07, 6.45) is 1.74. The van der Waals surface area contributed by atoms with E-state index in [0.717, 1.165) is 8.79 Å². The molecule has 0 aliphatic carbocycles. The van der Waals surface area contributed by atoms with Gasteiger partial charge in [0.05, 0.1) is 15.7 Å². The lowest BCUT2D eigenvalue weighted by Crippen LogP contribution is -1.96. The second kappa shape index (κ2) is 4.33. The van der Waals surface area contributed by atoms with Crippen molar-refractivity contribution in [2.75, 3.05) is 5.75 Å². The minimum absolute atomic E-state index is 0.590. The fourth-order valence-corrected chi connectivity index (χ4v) is 2.88. The third-order valence-corrected chi connectivity index (χ3v) is 4.03. The smallest absolute Gasteiger partial charge is 0.106 e. The predicted molar refractivity (Wildman–Crippen MR) is 52.2 cm³/mol. The summed E-state index contributed by atoms with van der Waals surface area (Å²) in [5.74, 6) is 1.30. The van der Waals surface area contributed by atoms with Gasteiger partial charge in [-0.3, -0.25) is 4.21 Å². The summed E-state index contributed by atoms with van der Waals surface area (Å²) in [5, 5.41) is 0.942. The van der Waals surface area contributed by atoms with Crippen molar-refractivity contribution in [3.8, 4) is 0 Å². The summed E-state index contributed by atoms with van der Waals surface area (Å²) in [6.45, 7) is 1.92. The molecule has 1 rings (SSSR count). The lowest BCUT2D eigenvalue weighted by molar-refractivity contribution is 0.683. The molecule has 1 unspecified atom stereocenters. The molecule has 0 aromatic carbocycles. The fraction of sp³-hybridized carbons (Fsp3) is 0.500. The van der Waals surface area contributed by atoms with Gasteiger partial charge in [0.1, 0.15) is 5.01 Å². The minimum Gasteiger partial charge on any atom is -0.259 e. The van der Waals surface area contributed by atoms with Gasteiger partial charge in [-0.05, 0) is 15.9 Å². The number of hydrogen-bond donors (Lipinski definition) is 0. The topological polar surface area (TPSA) is 30.0 Å². The molecular formula is C6H8BrNOS2. The second-order valence-corrected chi connectivity index (χ2v) is 6.17. The molecule has 0 saturated carbocycles. The van der Waals surface area contributed by atoms with Gasteiger partial charge in [-0.2, -0.15) is 0 Å². The van der Waals surface area contributed by atoms with E-state index in [-0.39, 0.29) is 0 Å². The average molecular weight is 254 g/mol. The standard InChI is InChI=1S/C6H8BrNOS2/c1-2-11(9)4-6-8-3-5(7)10-6/h3H,2,4H2,1H3. The summed E-state index contributed by atoms with van der Waals surface area (Å²) >= 11 is 4.84. The molecule has 1 aromatic heterocycles. The first kappa shape index (κ1) is 9.35. The van der Waals surface area contributed by atoms with Crippen molar-refractivity contribution in [1.82, 2.24) is 4.98 Å². The van der Waals surface area contributed by atoms with Crippen molar-refractivity contribution in [2.24, 2.45) is 0 Å². The minimum atomic E-state index is -0.738. The van der Waals surface area contributed by atoms with E-state index in [4.69, 9.17) is 0 Å². The molecular weight excluding hydrogens is 246 g/mol. The molecule has 0 N–H and O–H groups in total. The Hall–Kier alpha value is 0.260.